The molecule has 0 aromatic heterocycles. The lowest BCUT2D eigenvalue weighted by Gasteiger charge is -2.16. The maximum atomic E-state index is 10.4. The summed E-state index contributed by atoms with van der Waals surface area (Å²) in [6.45, 7) is 4.24. The van der Waals surface area contributed by atoms with E-state index in [0.717, 1.165) is 23.3 Å². The molecule has 0 amide bonds. The van der Waals surface area contributed by atoms with Crippen LogP contribution < -0.4 is 4.74 Å². The summed E-state index contributed by atoms with van der Waals surface area (Å²) in [4.78, 5) is 0. The molecule has 0 aliphatic heterocycles. The molecule has 98 valence electrons. The van der Waals surface area contributed by atoms with E-state index in [9.17, 15) is 5.11 Å². The molecule has 0 heterocycles. The fraction of sp³-hybridized carbons (Fsp3) is 0.176. The van der Waals surface area contributed by atoms with Crippen molar-refractivity contribution >= 4 is 0 Å². The van der Waals surface area contributed by atoms with Gasteiger partial charge in [-0.25, -0.2) is 0 Å². The molecule has 2 aromatic rings. The summed E-state index contributed by atoms with van der Waals surface area (Å²) >= 11 is 0. The Morgan fingerprint density at radius 3 is 2.47 bits per heavy atom. The number of ether oxygens (including phenoxy) is 1. The Morgan fingerprint density at radius 2 is 1.74 bits per heavy atom. The Hall–Kier alpha value is -2.06. The van der Waals surface area contributed by atoms with Gasteiger partial charge >= 0.3 is 0 Å². The average molecular weight is 254 g/mol. The number of hydrogen-bond acceptors (Lipinski definition) is 2. The Balaban J connectivity index is 2.21. The van der Waals surface area contributed by atoms with Gasteiger partial charge in [0.2, 0.25) is 0 Å². The molecular weight excluding hydrogens is 236 g/mol. The summed E-state index contributed by atoms with van der Waals surface area (Å²) in [5.41, 5.74) is 1.65. The number of aliphatic hydroxyl groups excluding tert-OH is 1. The van der Waals surface area contributed by atoms with E-state index >= 15 is 0 Å². The van der Waals surface area contributed by atoms with Crippen LogP contribution in [0.15, 0.2) is 67.3 Å². The quantitative estimate of drug-likeness (QED) is 0.629. The molecule has 2 rings (SSSR count). The topological polar surface area (TPSA) is 29.5 Å². The summed E-state index contributed by atoms with van der Waals surface area (Å²) in [6.07, 6.45) is 1.94. The van der Waals surface area contributed by atoms with Gasteiger partial charge in [0.15, 0.2) is 0 Å². The Bertz CT molecular complexity index is 520. The third-order valence-electron chi connectivity index (χ3n) is 2.91. The lowest BCUT2D eigenvalue weighted by molar-refractivity contribution is 0.211. The Labute approximate surface area is 114 Å². The average Bonchev–Trinajstić information content (AvgIpc) is 2.48. The van der Waals surface area contributed by atoms with E-state index in [0.29, 0.717) is 6.61 Å². The first-order chi connectivity index (χ1) is 9.33. The predicted octanol–water partition coefficient (Wildman–Crippen LogP) is 3.72. The summed E-state index contributed by atoms with van der Waals surface area (Å²) in [7, 11) is 0. The van der Waals surface area contributed by atoms with Crippen LogP contribution in [0.3, 0.4) is 0 Å². The fourth-order valence-corrected chi connectivity index (χ4v) is 1.90. The van der Waals surface area contributed by atoms with E-state index in [1.807, 2.05) is 60.7 Å². The van der Waals surface area contributed by atoms with E-state index in [1.165, 1.54) is 0 Å². The van der Waals surface area contributed by atoms with E-state index in [1.54, 1.807) is 0 Å². The second kappa shape index (κ2) is 6.76. The van der Waals surface area contributed by atoms with Gasteiger partial charge in [-0.3, -0.25) is 0 Å². The monoisotopic (exact) mass is 254 g/mol. The highest BCUT2D eigenvalue weighted by Crippen LogP contribution is 2.29. The van der Waals surface area contributed by atoms with Crippen molar-refractivity contribution in [3.63, 3.8) is 0 Å². The smallest absolute Gasteiger partial charge is 0.125 e. The van der Waals surface area contributed by atoms with Crippen LogP contribution in [0.25, 0.3) is 0 Å². The predicted molar refractivity (Wildman–Crippen MR) is 77.3 cm³/mol. The maximum absolute atomic E-state index is 10.4. The normalized spacial score (nSPS) is 11.8. The summed E-state index contributed by atoms with van der Waals surface area (Å²) in [5, 5.41) is 10.4. The highest BCUT2D eigenvalue weighted by Gasteiger charge is 2.14. The summed E-state index contributed by atoms with van der Waals surface area (Å²) in [6, 6.07) is 17.2. The molecule has 2 nitrogen and oxygen atoms in total. The van der Waals surface area contributed by atoms with Crippen LogP contribution in [0.2, 0.25) is 0 Å². The van der Waals surface area contributed by atoms with Gasteiger partial charge < -0.3 is 9.84 Å². The Morgan fingerprint density at radius 1 is 1.05 bits per heavy atom. The minimum Gasteiger partial charge on any atom is -0.493 e. The SMILES string of the molecule is C=CCCOc1ccccc1C(O)c1ccccc1. The van der Waals surface area contributed by atoms with Crippen molar-refractivity contribution in [2.75, 3.05) is 6.61 Å². The number of benzene rings is 2. The molecule has 0 saturated heterocycles. The van der Waals surface area contributed by atoms with Crippen molar-refractivity contribution in [3.8, 4) is 5.75 Å². The highest BCUT2D eigenvalue weighted by atomic mass is 16.5. The van der Waals surface area contributed by atoms with Gasteiger partial charge in [-0.05, 0) is 18.1 Å². The van der Waals surface area contributed by atoms with Gasteiger partial charge in [0.05, 0.1) is 6.61 Å². The fourth-order valence-electron chi connectivity index (χ4n) is 1.90. The third kappa shape index (κ3) is 3.46. The van der Waals surface area contributed by atoms with Crippen molar-refractivity contribution in [1.29, 1.82) is 0 Å². The van der Waals surface area contributed by atoms with Gasteiger partial charge in [0.25, 0.3) is 0 Å². The van der Waals surface area contributed by atoms with Crippen molar-refractivity contribution in [3.05, 3.63) is 78.4 Å². The number of rotatable bonds is 6. The van der Waals surface area contributed by atoms with Gasteiger partial charge in [-0.15, -0.1) is 6.58 Å². The molecule has 0 saturated carbocycles. The van der Waals surface area contributed by atoms with Crippen LogP contribution in [-0.4, -0.2) is 11.7 Å². The molecule has 0 bridgehead atoms. The largest absolute Gasteiger partial charge is 0.493 e. The van der Waals surface area contributed by atoms with Gasteiger partial charge in [0, 0.05) is 5.56 Å². The van der Waals surface area contributed by atoms with E-state index in [4.69, 9.17) is 4.74 Å². The lowest BCUT2D eigenvalue weighted by atomic mass is 10.0. The maximum Gasteiger partial charge on any atom is 0.125 e. The number of hydrogen-bond donors (Lipinski definition) is 1. The lowest BCUT2D eigenvalue weighted by Crippen LogP contribution is -2.04. The number of para-hydroxylation sites is 1. The first kappa shape index (κ1) is 13.4. The minimum absolute atomic E-state index is 0.571. The van der Waals surface area contributed by atoms with Crippen molar-refractivity contribution in [1.82, 2.24) is 0 Å². The van der Waals surface area contributed by atoms with Crippen LogP contribution in [0.4, 0.5) is 0 Å². The molecule has 0 spiro atoms. The molecule has 1 unspecified atom stereocenters. The first-order valence-corrected chi connectivity index (χ1v) is 6.38. The van der Waals surface area contributed by atoms with E-state index in [-0.39, 0.29) is 0 Å². The second-order valence-corrected chi connectivity index (χ2v) is 4.28. The highest BCUT2D eigenvalue weighted by molar-refractivity contribution is 5.40. The zero-order valence-electron chi connectivity index (χ0n) is 10.8. The molecule has 2 aromatic carbocycles. The van der Waals surface area contributed by atoms with Crippen molar-refractivity contribution in [2.45, 2.75) is 12.5 Å². The molecule has 0 aliphatic carbocycles. The van der Waals surface area contributed by atoms with Crippen molar-refractivity contribution < 1.29 is 9.84 Å². The van der Waals surface area contributed by atoms with Crippen LogP contribution >= 0.6 is 0 Å². The van der Waals surface area contributed by atoms with Gasteiger partial charge in [-0.2, -0.15) is 0 Å². The Kier molecular flexibility index (Phi) is 4.76. The number of aliphatic hydroxyl groups is 1. The molecule has 1 N–H and O–H groups in total. The van der Waals surface area contributed by atoms with E-state index < -0.39 is 6.10 Å². The van der Waals surface area contributed by atoms with Crippen LogP contribution in [-0.2, 0) is 0 Å². The minimum atomic E-state index is -0.666. The first-order valence-electron chi connectivity index (χ1n) is 6.38. The van der Waals surface area contributed by atoms with Gasteiger partial charge in [-0.1, -0.05) is 54.6 Å². The summed E-state index contributed by atoms with van der Waals surface area (Å²) in [5.74, 6) is 0.723. The van der Waals surface area contributed by atoms with Gasteiger partial charge in [0.1, 0.15) is 11.9 Å². The molecule has 0 fully saturated rings. The molecule has 0 radical (unpaired) electrons. The zero-order chi connectivity index (χ0) is 13.5. The molecule has 1 atom stereocenters. The second-order valence-electron chi connectivity index (χ2n) is 4.28. The zero-order valence-corrected chi connectivity index (χ0v) is 10.8. The molecule has 19 heavy (non-hydrogen) atoms. The summed E-state index contributed by atoms with van der Waals surface area (Å²) < 4.78 is 5.69. The standard InChI is InChI=1S/C17H18O2/c1-2-3-13-19-16-12-8-7-11-15(16)17(18)14-9-5-4-6-10-14/h2,4-12,17-18H,1,3,13H2. The van der Waals surface area contributed by atoms with Crippen LogP contribution in [0.1, 0.15) is 23.7 Å². The van der Waals surface area contributed by atoms with Crippen LogP contribution in [0.5, 0.6) is 5.75 Å². The molecule has 2 heteroatoms. The third-order valence-corrected chi connectivity index (χ3v) is 2.91. The van der Waals surface area contributed by atoms with Crippen LogP contribution in [0, 0.1) is 0 Å². The van der Waals surface area contributed by atoms with Crippen molar-refractivity contribution in [2.24, 2.45) is 0 Å². The molecular formula is C17H18O2. The van der Waals surface area contributed by atoms with E-state index in [2.05, 4.69) is 6.58 Å². The molecule has 0 aliphatic rings.